The molecule has 1 saturated heterocycles. The Morgan fingerprint density at radius 3 is 2.63 bits per heavy atom. The van der Waals surface area contributed by atoms with Gasteiger partial charge in [0.05, 0.1) is 0 Å². The van der Waals surface area contributed by atoms with Gasteiger partial charge in [0, 0.05) is 50.9 Å². The van der Waals surface area contributed by atoms with Crippen molar-refractivity contribution in [3.63, 3.8) is 0 Å². The van der Waals surface area contributed by atoms with Crippen LogP contribution < -0.4 is 15.4 Å². The van der Waals surface area contributed by atoms with E-state index in [1.807, 2.05) is 17.2 Å². The van der Waals surface area contributed by atoms with E-state index in [9.17, 15) is 4.79 Å². The molecule has 1 aromatic heterocycles. The molecule has 0 aromatic carbocycles. The molecule has 2 heterocycles. The van der Waals surface area contributed by atoms with Gasteiger partial charge in [0.25, 0.3) is 0 Å². The molecule has 7 nitrogen and oxygen atoms in total. The number of nitrogens with zero attached hydrogens (tertiary/aromatic N) is 3. The van der Waals surface area contributed by atoms with Crippen molar-refractivity contribution in [2.75, 3.05) is 20.1 Å². The quantitative estimate of drug-likeness (QED) is 0.554. The summed E-state index contributed by atoms with van der Waals surface area (Å²) in [6.07, 6.45) is 12.5. The fraction of sp³-hybridized carbons (Fsp3) is 0.696. The van der Waals surface area contributed by atoms with E-state index < -0.39 is 0 Å². The van der Waals surface area contributed by atoms with Gasteiger partial charge >= 0.3 is 0 Å². The molecule has 3 fully saturated rings. The van der Waals surface area contributed by atoms with Gasteiger partial charge in [-0.2, -0.15) is 0 Å². The number of nitrogens with one attached hydrogen (secondary N) is 2. The third kappa shape index (κ3) is 5.43. The molecule has 30 heavy (non-hydrogen) atoms. The van der Waals surface area contributed by atoms with Crippen molar-refractivity contribution < 1.29 is 9.53 Å². The van der Waals surface area contributed by atoms with E-state index in [0.29, 0.717) is 24.4 Å². The second-order valence-corrected chi connectivity index (χ2v) is 8.85. The number of likely N-dealkylation sites (tertiary alicyclic amines) is 1. The van der Waals surface area contributed by atoms with Crippen molar-refractivity contribution in [3.05, 3.63) is 23.9 Å². The van der Waals surface area contributed by atoms with Crippen LogP contribution in [0, 0.1) is 5.92 Å². The fourth-order valence-electron chi connectivity index (χ4n) is 4.85. The highest BCUT2D eigenvalue weighted by molar-refractivity contribution is 5.81. The first kappa shape index (κ1) is 20.9. The van der Waals surface area contributed by atoms with Gasteiger partial charge in [-0.25, -0.2) is 4.98 Å². The molecule has 1 aromatic rings. The molecule has 1 aliphatic heterocycles. The van der Waals surface area contributed by atoms with Crippen LogP contribution in [0.4, 0.5) is 0 Å². The first-order valence-electron chi connectivity index (χ1n) is 11.6. The normalized spacial score (nSPS) is 23.2. The van der Waals surface area contributed by atoms with Crippen LogP contribution in [0.2, 0.25) is 0 Å². The zero-order valence-electron chi connectivity index (χ0n) is 18.1. The smallest absolute Gasteiger partial charge is 0.225 e. The first-order chi connectivity index (χ1) is 14.7. The van der Waals surface area contributed by atoms with Crippen molar-refractivity contribution in [1.29, 1.82) is 0 Å². The summed E-state index contributed by atoms with van der Waals surface area (Å²) in [4.78, 5) is 23.5. The topological polar surface area (TPSA) is 78.9 Å². The second kappa shape index (κ2) is 10.1. The van der Waals surface area contributed by atoms with Gasteiger partial charge in [-0.1, -0.05) is 18.9 Å². The van der Waals surface area contributed by atoms with Gasteiger partial charge < -0.3 is 20.3 Å². The summed E-state index contributed by atoms with van der Waals surface area (Å²) in [7, 11) is 1.78. The van der Waals surface area contributed by atoms with Gasteiger partial charge in [0.2, 0.25) is 11.8 Å². The third-order valence-corrected chi connectivity index (χ3v) is 6.62. The maximum absolute atomic E-state index is 12.6. The standard InChI is InChI=1S/C23H35N5O2/c1-24-23(27-19-12-13-28(16-19)22(29)18-6-2-3-7-18)26-15-17-10-11-21(25-14-17)30-20-8-4-5-9-20/h10-11,14,18-20H,2-9,12-13,15-16H2,1H3,(H2,24,26,27). The second-order valence-electron chi connectivity index (χ2n) is 8.85. The van der Waals surface area contributed by atoms with E-state index in [0.717, 1.165) is 56.7 Å². The maximum Gasteiger partial charge on any atom is 0.225 e. The summed E-state index contributed by atoms with van der Waals surface area (Å²) in [6.45, 7) is 2.26. The van der Waals surface area contributed by atoms with Crippen LogP contribution >= 0.6 is 0 Å². The van der Waals surface area contributed by atoms with E-state index in [2.05, 4.69) is 26.7 Å². The van der Waals surface area contributed by atoms with Crippen LogP contribution in [0.1, 0.15) is 63.4 Å². The zero-order valence-corrected chi connectivity index (χ0v) is 18.1. The SMILES string of the molecule is CN=C(NCc1ccc(OC2CCCC2)nc1)NC1CCN(C(=O)C2CCCC2)C1. The number of carbonyl (C=O) groups excluding carboxylic acids is 1. The zero-order chi connectivity index (χ0) is 20.8. The van der Waals surface area contributed by atoms with Crippen LogP contribution in [-0.2, 0) is 11.3 Å². The fourth-order valence-corrected chi connectivity index (χ4v) is 4.85. The highest BCUT2D eigenvalue weighted by atomic mass is 16.5. The van der Waals surface area contributed by atoms with E-state index >= 15 is 0 Å². The summed E-state index contributed by atoms with van der Waals surface area (Å²) >= 11 is 0. The molecule has 2 saturated carbocycles. The Bertz CT molecular complexity index is 724. The molecule has 1 atom stereocenters. The number of amides is 1. The number of pyridine rings is 1. The molecule has 1 unspecified atom stereocenters. The molecule has 2 N–H and O–H groups in total. The lowest BCUT2D eigenvalue weighted by Gasteiger charge is -2.21. The summed E-state index contributed by atoms with van der Waals surface area (Å²) in [5, 5.41) is 6.83. The predicted octanol–water partition coefficient (Wildman–Crippen LogP) is 2.86. The third-order valence-electron chi connectivity index (χ3n) is 6.62. The summed E-state index contributed by atoms with van der Waals surface area (Å²) in [6, 6.07) is 4.26. The average molecular weight is 414 g/mol. The number of rotatable bonds is 6. The van der Waals surface area contributed by atoms with E-state index in [1.54, 1.807) is 7.05 Å². The largest absolute Gasteiger partial charge is 0.474 e. The molecule has 3 aliphatic rings. The molecular weight excluding hydrogens is 378 g/mol. The van der Waals surface area contributed by atoms with Crippen molar-refractivity contribution in [1.82, 2.24) is 20.5 Å². The lowest BCUT2D eigenvalue weighted by atomic mass is 10.1. The minimum atomic E-state index is 0.252. The van der Waals surface area contributed by atoms with E-state index in [-0.39, 0.29) is 12.0 Å². The van der Waals surface area contributed by atoms with Crippen molar-refractivity contribution in [2.45, 2.75) is 76.5 Å². The molecule has 0 spiro atoms. The lowest BCUT2D eigenvalue weighted by Crippen LogP contribution is -2.45. The van der Waals surface area contributed by atoms with E-state index in [4.69, 9.17) is 4.74 Å². The van der Waals surface area contributed by atoms with Crippen molar-refractivity contribution >= 4 is 11.9 Å². The highest BCUT2D eigenvalue weighted by Crippen LogP contribution is 2.28. The molecule has 0 radical (unpaired) electrons. The minimum Gasteiger partial charge on any atom is -0.474 e. The Hall–Kier alpha value is -2.31. The number of guanidine groups is 1. The van der Waals surface area contributed by atoms with Gasteiger partial charge in [0.15, 0.2) is 5.96 Å². The molecule has 2 aliphatic carbocycles. The Balaban J connectivity index is 1.21. The average Bonchev–Trinajstić information content (AvgIpc) is 3.55. The number of hydrogen-bond donors (Lipinski definition) is 2. The number of aliphatic imine (C=N–C) groups is 1. The number of ether oxygens (including phenoxy) is 1. The van der Waals surface area contributed by atoms with Crippen LogP contribution in [0.5, 0.6) is 5.88 Å². The van der Waals surface area contributed by atoms with Crippen molar-refractivity contribution in [3.8, 4) is 5.88 Å². The van der Waals surface area contributed by atoms with Crippen LogP contribution in [0.15, 0.2) is 23.3 Å². The Morgan fingerprint density at radius 1 is 1.17 bits per heavy atom. The molecular formula is C23H35N5O2. The minimum absolute atomic E-state index is 0.252. The van der Waals surface area contributed by atoms with Gasteiger partial charge in [-0.15, -0.1) is 0 Å². The monoisotopic (exact) mass is 413 g/mol. The number of hydrogen-bond acceptors (Lipinski definition) is 4. The first-order valence-corrected chi connectivity index (χ1v) is 11.6. The predicted molar refractivity (Wildman–Crippen MR) is 117 cm³/mol. The maximum atomic E-state index is 12.6. The number of aromatic nitrogens is 1. The molecule has 4 rings (SSSR count). The molecule has 0 bridgehead atoms. The van der Waals surface area contributed by atoms with Crippen molar-refractivity contribution in [2.24, 2.45) is 10.9 Å². The van der Waals surface area contributed by atoms with Crippen LogP contribution in [0.25, 0.3) is 0 Å². The summed E-state index contributed by atoms with van der Waals surface area (Å²) in [5.74, 6) is 2.09. The van der Waals surface area contributed by atoms with Gasteiger partial charge in [0.1, 0.15) is 6.10 Å². The van der Waals surface area contributed by atoms with Crippen LogP contribution in [-0.4, -0.2) is 54.0 Å². The summed E-state index contributed by atoms with van der Waals surface area (Å²) < 4.78 is 5.93. The Kier molecular flexibility index (Phi) is 7.07. The molecule has 164 valence electrons. The van der Waals surface area contributed by atoms with E-state index in [1.165, 1.54) is 25.7 Å². The van der Waals surface area contributed by atoms with Gasteiger partial charge in [-0.05, 0) is 50.5 Å². The highest BCUT2D eigenvalue weighted by Gasteiger charge is 2.32. The van der Waals surface area contributed by atoms with Gasteiger partial charge in [-0.3, -0.25) is 9.79 Å². The Labute approximate surface area is 179 Å². The Morgan fingerprint density at radius 2 is 1.93 bits per heavy atom. The summed E-state index contributed by atoms with van der Waals surface area (Å²) in [5.41, 5.74) is 1.08. The molecule has 7 heteroatoms. The lowest BCUT2D eigenvalue weighted by molar-refractivity contribution is -0.134. The number of carbonyl (C=O) groups is 1. The van der Waals surface area contributed by atoms with Crippen LogP contribution in [0.3, 0.4) is 0 Å². The molecule has 1 amide bonds.